The van der Waals surface area contributed by atoms with Gasteiger partial charge in [0.25, 0.3) is 0 Å². The molecule has 6 aliphatic carbocycles. The summed E-state index contributed by atoms with van der Waals surface area (Å²) < 4.78 is 5.90. The summed E-state index contributed by atoms with van der Waals surface area (Å²) in [6.07, 6.45) is 5.61. The number of ether oxygens (including phenoxy) is 1. The zero-order valence-electron chi connectivity index (χ0n) is 23.8. The summed E-state index contributed by atoms with van der Waals surface area (Å²) in [6.45, 7) is 11.0. The van der Waals surface area contributed by atoms with E-state index in [1.807, 2.05) is 6.92 Å². The number of aliphatic hydroxyl groups excluding tert-OH is 3. The molecule has 0 aliphatic heterocycles. The number of fused-ring (bicyclic) bond motifs is 2. The lowest BCUT2D eigenvalue weighted by Gasteiger charge is -2.51. The lowest BCUT2D eigenvalue weighted by atomic mass is 9.55. The molecule has 7 heteroatoms. The molecule has 6 rings (SSSR count). The average Bonchev–Trinajstić information content (AvgIpc) is 3.62. The van der Waals surface area contributed by atoms with Crippen LogP contribution in [0.1, 0.15) is 79.1 Å². The van der Waals surface area contributed by atoms with Gasteiger partial charge in [-0.25, -0.2) is 0 Å². The molecule has 4 N–H and O–H groups in total. The number of hydrogen-bond donors (Lipinski definition) is 4. The predicted molar refractivity (Wildman–Crippen MR) is 144 cm³/mol. The van der Waals surface area contributed by atoms with Crippen molar-refractivity contribution >= 4 is 12.3 Å². The highest BCUT2D eigenvalue weighted by atomic mass is 16.5. The van der Waals surface area contributed by atoms with E-state index in [1.54, 1.807) is 13.8 Å². The normalized spacial score (nSPS) is 52.1. The number of carbonyl (C=O) groups excluding carboxylic acids is 2. The van der Waals surface area contributed by atoms with Crippen molar-refractivity contribution in [2.75, 3.05) is 0 Å². The molecule has 0 aromatic rings. The van der Waals surface area contributed by atoms with E-state index in [0.29, 0.717) is 25.7 Å². The summed E-state index contributed by atoms with van der Waals surface area (Å²) in [4.78, 5) is 25.4. The predicted octanol–water partition coefficient (Wildman–Crippen LogP) is 3.33. The van der Waals surface area contributed by atoms with Gasteiger partial charge in [0.2, 0.25) is 0 Å². The van der Waals surface area contributed by atoms with Gasteiger partial charge in [0.1, 0.15) is 12.4 Å². The van der Waals surface area contributed by atoms with Gasteiger partial charge in [-0.3, -0.25) is 4.79 Å². The SMILES string of the molecule is C=C(C)[C@@H]1CC[C@H]([C@@H]2CC[C@@H]3C2=C[C@]2(C=O)[C@@H]4CC[C@@]2([C@H]3O)[C@@H](O)[C@]42CC[C@H](C(C)(C)O)[C@H]2O)[C@@H]1OC(C)=O. The molecule has 39 heavy (non-hydrogen) atoms. The second kappa shape index (κ2) is 8.73. The standard InChI is InChI=1S/C32H46O7/c1-16(2)18-6-8-20(25(18)39-17(3)34)19-7-9-21-22(19)14-30(15-33)24-11-13-32(30,26(21)35)28(37)31(24)12-10-23(27(31)36)29(4,5)38/h14-15,18-21,23-28,35-38H,1,6-13H2,2-5H3/t18-,19-,20+,21+,23-,24-,25+,26-,27+,28-,30-,31+,32+/m0/s1. The van der Waals surface area contributed by atoms with E-state index in [1.165, 1.54) is 6.92 Å². The fourth-order valence-corrected chi connectivity index (χ4v) is 11.4. The lowest BCUT2D eigenvalue weighted by molar-refractivity contribution is -0.170. The Morgan fingerprint density at radius 3 is 2.31 bits per heavy atom. The zero-order chi connectivity index (χ0) is 28.3. The van der Waals surface area contributed by atoms with Crippen molar-refractivity contribution in [3.8, 4) is 0 Å². The molecule has 6 aliphatic rings. The molecule has 13 atom stereocenters. The molecule has 0 amide bonds. The van der Waals surface area contributed by atoms with Crippen LogP contribution in [-0.2, 0) is 14.3 Å². The molecule has 0 heterocycles. The number of aliphatic hydroxyl groups is 4. The Morgan fingerprint density at radius 2 is 1.72 bits per heavy atom. The fraction of sp³-hybridized carbons (Fsp3) is 0.812. The monoisotopic (exact) mass is 542 g/mol. The summed E-state index contributed by atoms with van der Waals surface area (Å²) in [7, 11) is 0. The van der Waals surface area contributed by atoms with Crippen LogP contribution in [0.4, 0.5) is 0 Å². The Balaban J connectivity index is 1.43. The minimum absolute atomic E-state index is 0.0817. The Labute approximate surface area is 231 Å². The quantitative estimate of drug-likeness (QED) is 0.239. The smallest absolute Gasteiger partial charge is 0.302 e. The van der Waals surface area contributed by atoms with E-state index < -0.39 is 46.1 Å². The summed E-state index contributed by atoms with van der Waals surface area (Å²) in [5, 5.41) is 46.9. The minimum atomic E-state index is -1.12. The highest BCUT2D eigenvalue weighted by Crippen LogP contribution is 2.80. The van der Waals surface area contributed by atoms with Crippen LogP contribution in [0.3, 0.4) is 0 Å². The van der Waals surface area contributed by atoms with Crippen molar-refractivity contribution in [3.63, 3.8) is 0 Å². The molecule has 5 fully saturated rings. The fourth-order valence-electron chi connectivity index (χ4n) is 11.4. The lowest BCUT2D eigenvalue weighted by Crippen LogP contribution is -2.59. The maximum atomic E-state index is 13.3. The molecular formula is C32H46O7. The first-order chi connectivity index (χ1) is 18.3. The van der Waals surface area contributed by atoms with Gasteiger partial charge in [0.05, 0.1) is 29.3 Å². The maximum absolute atomic E-state index is 13.3. The highest BCUT2D eigenvalue weighted by Gasteiger charge is 2.83. The van der Waals surface area contributed by atoms with E-state index in [2.05, 4.69) is 12.7 Å². The molecular weight excluding hydrogens is 496 g/mol. The van der Waals surface area contributed by atoms with Crippen molar-refractivity contribution in [3.05, 3.63) is 23.8 Å². The maximum Gasteiger partial charge on any atom is 0.302 e. The topological polar surface area (TPSA) is 124 Å². The first-order valence-electron chi connectivity index (χ1n) is 15.1. The van der Waals surface area contributed by atoms with Gasteiger partial charge in [-0.2, -0.15) is 0 Å². The van der Waals surface area contributed by atoms with Crippen LogP contribution in [0.25, 0.3) is 0 Å². The molecule has 0 aromatic heterocycles. The second-order valence-corrected chi connectivity index (χ2v) is 14.6. The van der Waals surface area contributed by atoms with Gasteiger partial charge < -0.3 is 30.0 Å². The number of esters is 1. The number of aldehydes is 1. The van der Waals surface area contributed by atoms with E-state index >= 15 is 0 Å². The van der Waals surface area contributed by atoms with E-state index in [-0.39, 0.29) is 41.7 Å². The summed E-state index contributed by atoms with van der Waals surface area (Å²) >= 11 is 0. The molecule has 0 radical (unpaired) electrons. The Hall–Kier alpha value is -1.54. The number of hydrogen-bond acceptors (Lipinski definition) is 7. The molecule has 2 bridgehead atoms. The minimum Gasteiger partial charge on any atom is -0.462 e. The first kappa shape index (κ1) is 27.6. The van der Waals surface area contributed by atoms with E-state index in [4.69, 9.17) is 4.74 Å². The highest BCUT2D eigenvalue weighted by molar-refractivity contribution is 5.71. The third kappa shape index (κ3) is 3.25. The Bertz CT molecular complexity index is 1110. The van der Waals surface area contributed by atoms with Crippen molar-refractivity contribution in [1.29, 1.82) is 0 Å². The third-order valence-electron chi connectivity index (χ3n) is 12.8. The molecule has 0 aromatic carbocycles. The van der Waals surface area contributed by atoms with Gasteiger partial charge >= 0.3 is 5.97 Å². The summed E-state index contributed by atoms with van der Waals surface area (Å²) in [5.74, 6) is -0.919. The largest absolute Gasteiger partial charge is 0.462 e. The average molecular weight is 543 g/mol. The van der Waals surface area contributed by atoms with Crippen LogP contribution in [0.15, 0.2) is 23.8 Å². The van der Waals surface area contributed by atoms with Crippen LogP contribution in [0, 0.1) is 51.8 Å². The zero-order valence-corrected chi connectivity index (χ0v) is 23.8. The van der Waals surface area contributed by atoms with Crippen LogP contribution < -0.4 is 0 Å². The number of rotatable bonds is 5. The van der Waals surface area contributed by atoms with Gasteiger partial charge in [0, 0.05) is 41.4 Å². The van der Waals surface area contributed by atoms with Gasteiger partial charge in [0.15, 0.2) is 0 Å². The van der Waals surface area contributed by atoms with E-state index in [0.717, 1.165) is 43.1 Å². The van der Waals surface area contributed by atoms with Crippen LogP contribution in [0.2, 0.25) is 0 Å². The molecule has 7 nitrogen and oxygen atoms in total. The van der Waals surface area contributed by atoms with Crippen LogP contribution >= 0.6 is 0 Å². The van der Waals surface area contributed by atoms with Crippen molar-refractivity contribution < 1.29 is 34.8 Å². The molecule has 0 saturated heterocycles. The Kier molecular flexibility index (Phi) is 6.18. The summed E-state index contributed by atoms with van der Waals surface area (Å²) in [6, 6.07) is 0. The number of carbonyl (C=O) groups is 2. The van der Waals surface area contributed by atoms with Crippen molar-refractivity contribution in [2.24, 2.45) is 51.8 Å². The van der Waals surface area contributed by atoms with Crippen molar-refractivity contribution in [1.82, 2.24) is 0 Å². The second-order valence-electron chi connectivity index (χ2n) is 14.6. The first-order valence-corrected chi connectivity index (χ1v) is 15.1. The molecule has 216 valence electrons. The molecule has 5 saturated carbocycles. The van der Waals surface area contributed by atoms with Crippen LogP contribution in [-0.4, -0.2) is 62.7 Å². The summed E-state index contributed by atoms with van der Waals surface area (Å²) in [5.41, 5.74) is -2.07. The third-order valence-corrected chi connectivity index (χ3v) is 12.8. The van der Waals surface area contributed by atoms with Gasteiger partial charge in [-0.15, -0.1) is 0 Å². The Morgan fingerprint density at radius 1 is 1.03 bits per heavy atom. The number of allylic oxidation sites excluding steroid dienone is 1. The van der Waals surface area contributed by atoms with E-state index in [9.17, 15) is 30.0 Å². The van der Waals surface area contributed by atoms with Gasteiger partial charge in [-0.05, 0) is 84.0 Å². The molecule has 0 unspecified atom stereocenters. The van der Waals surface area contributed by atoms with Crippen LogP contribution in [0.5, 0.6) is 0 Å². The van der Waals surface area contributed by atoms with Gasteiger partial charge in [-0.1, -0.05) is 23.8 Å². The van der Waals surface area contributed by atoms with Crippen molar-refractivity contribution in [2.45, 2.75) is 109 Å². The molecule has 1 spiro atoms.